The minimum absolute atomic E-state index is 0.0394. The summed E-state index contributed by atoms with van der Waals surface area (Å²) in [5.74, 6) is 1.92. The van der Waals surface area contributed by atoms with E-state index in [4.69, 9.17) is 11.6 Å². The summed E-state index contributed by atoms with van der Waals surface area (Å²) in [7, 11) is 0. The van der Waals surface area contributed by atoms with Crippen molar-refractivity contribution in [3.05, 3.63) is 46.6 Å². The Morgan fingerprint density at radius 3 is 2.36 bits per heavy atom. The Morgan fingerprint density at radius 2 is 1.79 bits per heavy atom. The van der Waals surface area contributed by atoms with E-state index in [0.29, 0.717) is 27.5 Å². The fourth-order valence-electron chi connectivity index (χ4n) is 2.52. The average molecular weight is 421 g/mol. The molecule has 0 radical (unpaired) electrons. The summed E-state index contributed by atoms with van der Waals surface area (Å²) in [6, 6.07) is 9.60. The molecule has 1 aromatic carbocycles. The van der Waals surface area contributed by atoms with E-state index in [1.54, 1.807) is 6.07 Å². The van der Waals surface area contributed by atoms with Gasteiger partial charge in [0.1, 0.15) is 11.0 Å². The van der Waals surface area contributed by atoms with Crippen molar-refractivity contribution in [3.8, 4) is 0 Å². The Labute approximate surface area is 177 Å². The van der Waals surface area contributed by atoms with Crippen LogP contribution in [0, 0.1) is 5.92 Å². The number of carbonyl (C=O) groups is 1. The molecule has 0 unspecified atom stereocenters. The standard InChI is InChI=1S/C21H29ClN4OS/c1-6-26(7-2)19-12-18(22)24-21(25-19)28-13-16-8-10-17(11-9-16)20(27)23-15(5)14(3)4/h8-12,14-15H,6-7,13H2,1-5H3,(H,23,27)/t15-/m0/s1. The normalized spacial score (nSPS) is 12.1. The van der Waals surface area contributed by atoms with Gasteiger partial charge in [0.15, 0.2) is 5.16 Å². The molecule has 0 aliphatic heterocycles. The van der Waals surface area contributed by atoms with Gasteiger partial charge < -0.3 is 10.2 Å². The number of hydrogen-bond donors (Lipinski definition) is 1. The minimum atomic E-state index is -0.0394. The molecule has 1 aromatic heterocycles. The Morgan fingerprint density at radius 1 is 1.14 bits per heavy atom. The number of aromatic nitrogens is 2. The molecule has 1 amide bonds. The monoisotopic (exact) mass is 420 g/mol. The topological polar surface area (TPSA) is 58.1 Å². The summed E-state index contributed by atoms with van der Waals surface area (Å²) in [6.45, 7) is 12.1. The van der Waals surface area contributed by atoms with Crippen LogP contribution in [-0.4, -0.2) is 35.0 Å². The van der Waals surface area contributed by atoms with Crippen molar-refractivity contribution in [1.82, 2.24) is 15.3 Å². The van der Waals surface area contributed by atoms with Gasteiger partial charge in [0.25, 0.3) is 5.91 Å². The van der Waals surface area contributed by atoms with E-state index in [0.717, 1.165) is 24.5 Å². The van der Waals surface area contributed by atoms with Crippen LogP contribution in [0.25, 0.3) is 0 Å². The number of amides is 1. The SMILES string of the molecule is CCN(CC)c1cc(Cl)nc(SCc2ccc(C(=O)N[C@@H](C)C(C)C)cc2)n1. The first-order valence-electron chi connectivity index (χ1n) is 9.66. The van der Waals surface area contributed by atoms with Crippen LogP contribution in [0.3, 0.4) is 0 Å². The lowest BCUT2D eigenvalue weighted by Gasteiger charge is -2.20. The highest BCUT2D eigenvalue weighted by Crippen LogP contribution is 2.24. The molecule has 152 valence electrons. The van der Waals surface area contributed by atoms with Gasteiger partial charge >= 0.3 is 0 Å². The molecule has 1 N–H and O–H groups in total. The van der Waals surface area contributed by atoms with Gasteiger partial charge in [0.2, 0.25) is 0 Å². The molecule has 0 spiro atoms. The number of benzene rings is 1. The van der Waals surface area contributed by atoms with Gasteiger partial charge in [0.05, 0.1) is 0 Å². The van der Waals surface area contributed by atoms with Gasteiger partial charge in [-0.1, -0.05) is 49.3 Å². The van der Waals surface area contributed by atoms with E-state index >= 15 is 0 Å². The lowest BCUT2D eigenvalue weighted by molar-refractivity contribution is 0.0930. The van der Waals surface area contributed by atoms with Crippen LogP contribution in [0.2, 0.25) is 5.15 Å². The van der Waals surface area contributed by atoms with Gasteiger partial charge in [-0.25, -0.2) is 9.97 Å². The van der Waals surface area contributed by atoms with E-state index in [-0.39, 0.29) is 11.9 Å². The second-order valence-electron chi connectivity index (χ2n) is 7.00. The molecule has 28 heavy (non-hydrogen) atoms. The van der Waals surface area contributed by atoms with Crippen LogP contribution in [0.4, 0.5) is 5.82 Å². The van der Waals surface area contributed by atoms with Crippen LogP contribution in [0.15, 0.2) is 35.5 Å². The first kappa shape index (κ1) is 22.5. The zero-order valence-corrected chi connectivity index (χ0v) is 18.8. The van der Waals surface area contributed by atoms with Crippen molar-refractivity contribution in [3.63, 3.8) is 0 Å². The second kappa shape index (κ2) is 10.7. The highest BCUT2D eigenvalue weighted by atomic mass is 35.5. The van der Waals surface area contributed by atoms with Crippen molar-refractivity contribution in [2.24, 2.45) is 5.92 Å². The summed E-state index contributed by atoms with van der Waals surface area (Å²) in [5.41, 5.74) is 1.77. The Hall–Kier alpha value is -1.79. The fourth-order valence-corrected chi connectivity index (χ4v) is 3.55. The molecule has 0 fully saturated rings. The number of hydrogen-bond acceptors (Lipinski definition) is 5. The first-order chi connectivity index (χ1) is 13.3. The third-order valence-electron chi connectivity index (χ3n) is 4.69. The Kier molecular flexibility index (Phi) is 8.58. The maximum atomic E-state index is 12.3. The second-order valence-corrected chi connectivity index (χ2v) is 8.33. The Balaban J connectivity index is 2.01. The van der Waals surface area contributed by atoms with Crippen LogP contribution in [0.1, 0.15) is 50.5 Å². The summed E-state index contributed by atoms with van der Waals surface area (Å²) in [4.78, 5) is 23.4. The van der Waals surface area contributed by atoms with Crippen molar-refractivity contribution < 1.29 is 4.79 Å². The van der Waals surface area contributed by atoms with E-state index in [1.807, 2.05) is 31.2 Å². The van der Waals surface area contributed by atoms with Crippen LogP contribution in [0.5, 0.6) is 0 Å². The molecule has 1 atom stereocenters. The summed E-state index contributed by atoms with van der Waals surface area (Å²) in [5, 5.41) is 4.13. The zero-order chi connectivity index (χ0) is 20.7. The summed E-state index contributed by atoms with van der Waals surface area (Å²) < 4.78 is 0. The van der Waals surface area contributed by atoms with Gasteiger partial charge in [-0.15, -0.1) is 0 Å². The lowest BCUT2D eigenvalue weighted by Crippen LogP contribution is -2.36. The first-order valence-corrected chi connectivity index (χ1v) is 11.0. The predicted molar refractivity (Wildman–Crippen MR) is 118 cm³/mol. The molecule has 0 aliphatic rings. The molecule has 0 bridgehead atoms. The molecule has 0 saturated heterocycles. The number of nitrogens with zero attached hydrogens (tertiary/aromatic N) is 3. The summed E-state index contributed by atoms with van der Waals surface area (Å²) >= 11 is 7.71. The van der Waals surface area contributed by atoms with Gasteiger partial charge in [-0.05, 0) is 44.4 Å². The number of halogens is 1. The van der Waals surface area contributed by atoms with E-state index in [9.17, 15) is 4.79 Å². The molecule has 2 aromatic rings. The van der Waals surface area contributed by atoms with E-state index in [2.05, 4.69) is 47.9 Å². The zero-order valence-electron chi connectivity index (χ0n) is 17.2. The molecular weight excluding hydrogens is 392 g/mol. The molecule has 0 aliphatic carbocycles. The van der Waals surface area contributed by atoms with E-state index < -0.39 is 0 Å². The largest absolute Gasteiger partial charge is 0.357 e. The third kappa shape index (κ3) is 6.38. The van der Waals surface area contributed by atoms with Crippen LogP contribution < -0.4 is 10.2 Å². The smallest absolute Gasteiger partial charge is 0.251 e. The van der Waals surface area contributed by atoms with Crippen molar-refractivity contribution in [2.45, 2.75) is 51.6 Å². The van der Waals surface area contributed by atoms with Crippen molar-refractivity contribution in [1.29, 1.82) is 0 Å². The average Bonchev–Trinajstić information content (AvgIpc) is 2.67. The quantitative estimate of drug-likeness (QED) is 0.349. The molecule has 1 heterocycles. The number of anilines is 1. The maximum Gasteiger partial charge on any atom is 0.251 e. The van der Waals surface area contributed by atoms with Crippen molar-refractivity contribution >= 4 is 35.1 Å². The van der Waals surface area contributed by atoms with Crippen molar-refractivity contribution in [2.75, 3.05) is 18.0 Å². The highest BCUT2D eigenvalue weighted by molar-refractivity contribution is 7.98. The minimum Gasteiger partial charge on any atom is -0.357 e. The summed E-state index contributed by atoms with van der Waals surface area (Å²) in [6.07, 6.45) is 0. The molecule has 0 saturated carbocycles. The highest BCUT2D eigenvalue weighted by Gasteiger charge is 2.13. The van der Waals surface area contributed by atoms with E-state index in [1.165, 1.54) is 11.8 Å². The lowest BCUT2D eigenvalue weighted by atomic mass is 10.1. The molecule has 2 rings (SSSR count). The van der Waals surface area contributed by atoms with Crippen LogP contribution >= 0.6 is 23.4 Å². The van der Waals surface area contributed by atoms with Gasteiger partial charge in [-0.3, -0.25) is 4.79 Å². The predicted octanol–water partition coefficient (Wildman–Crippen LogP) is 5.04. The Bertz CT molecular complexity index is 778. The molecule has 5 nitrogen and oxygen atoms in total. The number of thioether (sulfide) groups is 1. The number of rotatable bonds is 9. The number of carbonyl (C=O) groups excluding carboxylic acids is 1. The molecule has 7 heteroatoms. The fraction of sp³-hybridized carbons (Fsp3) is 0.476. The van der Waals surface area contributed by atoms with Gasteiger partial charge in [0, 0.05) is 36.5 Å². The number of nitrogens with one attached hydrogen (secondary N) is 1. The van der Waals surface area contributed by atoms with Crippen LogP contribution in [-0.2, 0) is 5.75 Å². The third-order valence-corrected chi connectivity index (χ3v) is 5.80. The van der Waals surface area contributed by atoms with Gasteiger partial charge in [-0.2, -0.15) is 0 Å². The molecular formula is C21H29ClN4OS. The maximum absolute atomic E-state index is 12.3.